The lowest BCUT2D eigenvalue weighted by Crippen LogP contribution is -2.60. The van der Waals surface area contributed by atoms with Crippen LogP contribution in [0.1, 0.15) is 17.7 Å². The second-order valence-corrected chi connectivity index (χ2v) is 7.19. The molecule has 7 nitrogen and oxygen atoms in total. The van der Waals surface area contributed by atoms with Gasteiger partial charge in [0, 0.05) is 58.6 Å². The predicted octanol–water partition coefficient (Wildman–Crippen LogP) is 0.854. The van der Waals surface area contributed by atoms with E-state index in [1.54, 1.807) is 17.9 Å². The third-order valence-corrected chi connectivity index (χ3v) is 5.44. The van der Waals surface area contributed by atoms with E-state index in [2.05, 4.69) is 27.4 Å². The summed E-state index contributed by atoms with van der Waals surface area (Å²) in [5.74, 6) is 0.0648. The predicted molar refractivity (Wildman–Crippen MR) is 108 cm³/mol. The monoisotopic (exact) mass is 383 g/mol. The summed E-state index contributed by atoms with van der Waals surface area (Å²) >= 11 is 0. The second kappa shape index (κ2) is 9.50. The lowest BCUT2D eigenvalue weighted by molar-refractivity contribution is -0.138. The molecule has 0 radical (unpaired) electrons. The van der Waals surface area contributed by atoms with Crippen LogP contribution in [0.4, 0.5) is 0 Å². The molecule has 3 rings (SSSR count). The summed E-state index contributed by atoms with van der Waals surface area (Å²) in [6, 6.07) is 11.9. The van der Waals surface area contributed by atoms with E-state index < -0.39 is 0 Å². The Balaban J connectivity index is 1.57. The van der Waals surface area contributed by atoms with Gasteiger partial charge in [0.25, 0.3) is 0 Å². The van der Waals surface area contributed by atoms with Gasteiger partial charge in [0.2, 0.25) is 11.8 Å². The molecule has 0 spiro atoms. The third kappa shape index (κ3) is 4.98. The smallest absolute Gasteiger partial charge is 0.238 e. The maximum absolute atomic E-state index is 12.7. The maximum atomic E-state index is 12.7. The molecule has 1 aliphatic heterocycles. The fourth-order valence-electron chi connectivity index (χ4n) is 3.69. The van der Waals surface area contributed by atoms with Gasteiger partial charge in [-0.25, -0.2) is 0 Å². The molecule has 0 saturated carbocycles. The fourth-order valence-corrected chi connectivity index (χ4v) is 3.69. The number of nitrogens with one attached hydrogen (secondary N) is 1. The van der Waals surface area contributed by atoms with Crippen molar-refractivity contribution in [2.75, 3.05) is 33.2 Å². The first-order chi connectivity index (χ1) is 13.6. The van der Waals surface area contributed by atoms with Crippen LogP contribution in [0.25, 0.3) is 0 Å². The fraction of sp³-hybridized carbons (Fsp3) is 0.476. The minimum atomic E-state index is -0.303. The molecule has 1 saturated heterocycles. The number of carbonyl (C=O) groups is 2. The number of aromatic nitrogens is 2. The first kappa shape index (κ1) is 20.1. The van der Waals surface area contributed by atoms with Crippen LogP contribution in [0.2, 0.25) is 0 Å². The van der Waals surface area contributed by atoms with Crippen LogP contribution >= 0.6 is 0 Å². The van der Waals surface area contributed by atoms with Crippen LogP contribution in [-0.2, 0) is 29.5 Å². The molecule has 2 heterocycles. The van der Waals surface area contributed by atoms with Gasteiger partial charge >= 0.3 is 0 Å². The van der Waals surface area contributed by atoms with Crippen LogP contribution in [0, 0.1) is 0 Å². The molecule has 0 aliphatic carbocycles. The Kier molecular flexibility index (Phi) is 6.81. The van der Waals surface area contributed by atoms with Crippen LogP contribution in [0.3, 0.4) is 0 Å². The molecule has 1 fully saturated rings. The summed E-state index contributed by atoms with van der Waals surface area (Å²) in [4.78, 5) is 29.2. The molecule has 7 heteroatoms. The van der Waals surface area contributed by atoms with E-state index in [9.17, 15) is 9.59 Å². The molecule has 1 aliphatic rings. The van der Waals surface area contributed by atoms with Gasteiger partial charge < -0.3 is 10.2 Å². The van der Waals surface area contributed by atoms with Gasteiger partial charge in [-0.2, -0.15) is 5.10 Å². The van der Waals surface area contributed by atoms with Crippen molar-refractivity contribution in [2.24, 2.45) is 7.05 Å². The Bertz CT molecular complexity index is 789. The summed E-state index contributed by atoms with van der Waals surface area (Å²) in [6.45, 7) is 2.62. The summed E-state index contributed by atoms with van der Waals surface area (Å²) in [5, 5.41) is 6.89. The highest BCUT2D eigenvalue weighted by atomic mass is 16.2. The van der Waals surface area contributed by atoms with Crippen LogP contribution in [-0.4, -0.2) is 70.7 Å². The number of hydrogen-bond donors (Lipinski definition) is 1. The largest absolute Gasteiger partial charge is 0.358 e. The number of likely N-dealkylation sites (N-methyl/N-ethyl adjacent to an activating group) is 1. The van der Waals surface area contributed by atoms with Gasteiger partial charge in [0.1, 0.15) is 6.04 Å². The Morgan fingerprint density at radius 3 is 2.61 bits per heavy atom. The van der Waals surface area contributed by atoms with Crippen molar-refractivity contribution in [1.29, 1.82) is 0 Å². The Labute approximate surface area is 166 Å². The van der Waals surface area contributed by atoms with Crippen LogP contribution in [0.5, 0.6) is 0 Å². The van der Waals surface area contributed by atoms with E-state index in [-0.39, 0.29) is 17.9 Å². The zero-order valence-electron chi connectivity index (χ0n) is 16.7. The van der Waals surface area contributed by atoms with Crippen molar-refractivity contribution in [1.82, 2.24) is 24.9 Å². The number of hydrogen-bond acceptors (Lipinski definition) is 4. The first-order valence-corrected chi connectivity index (χ1v) is 9.82. The van der Waals surface area contributed by atoms with Crippen molar-refractivity contribution in [3.63, 3.8) is 0 Å². The van der Waals surface area contributed by atoms with Crippen LogP contribution < -0.4 is 5.32 Å². The number of aryl methyl sites for hydroxylation is 2. The molecule has 1 N–H and O–H groups in total. The second-order valence-electron chi connectivity index (χ2n) is 7.19. The number of rotatable bonds is 7. The first-order valence-electron chi connectivity index (χ1n) is 9.82. The lowest BCUT2D eigenvalue weighted by Gasteiger charge is -2.40. The Morgan fingerprint density at radius 1 is 1.14 bits per heavy atom. The van der Waals surface area contributed by atoms with Crippen molar-refractivity contribution in [2.45, 2.75) is 25.3 Å². The van der Waals surface area contributed by atoms with E-state index in [4.69, 9.17) is 0 Å². The molecule has 0 bridgehead atoms. The summed E-state index contributed by atoms with van der Waals surface area (Å²) < 4.78 is 1.79. The topological polar surface area (TPSA) is 70.5 Å². The summed E-state index contributed by atoms with van der Waals surface area (Å²) in [5.41, 5.74) is 2.30. The molecule has 150 valence electrons. The minimum absolute atomic E-state index is 0.0304. The molecular formula is C21H29N5O2. The van der Waals surface area contributed by atoms with E-state index >= 15 is 0 Å². The van der Waals surface area contributed by atoms with Crippen molar-refractivity contribution >= 4 is 11.8 Å². The van der Waals surface area contributed by atoms with E-state index in [1.165, 1.54) is 5.56 Å². The molecule has 0 unspecified atom stereocenters. The number of benzene rings is 1. The molecule has 1 aromatic heterocycles. The molecule has 2 amide bonds. The Hall–Kier alpha value is -2.67. The quantitative estimate of drug-likeness (QED) is 0.770. The highest BCUT2D eigenvalue weighted by Gasteiger charge is 2.33. The van der Waals surface area contributed by atoms with Gasteiger partial charge in [-0.15, -0.1) is 0 Å². The van der Waals surface area contributed by atoms with Crippen molar-refractivity contribution in [3.05, 3.63) is 53.9 Å². The Morgan fingerprint density at radius 2 is 1.93 bits per heavy atom. The number of carbonyl (C=O) groups excluding carboxylic acids is 2. The maximum Gasteiger partial charge on any atom is 0.238 e. The molecular weight excluding hydrogens is 354 g/mol. The average molecular weight is 383 g/mol. The van der Waals surface area contributed by atoms with Crippen molar-refractivity contribution < 1.29 is 9.59 Å². The normalized spacial score (nSPS) is 17.5. The number of nitrogens with zero attached hydrogens (tertiary/aromatic N) is 4. The third-order valence-electron chi connectivity index (χ3n) is 5.44. The molecule has 28 heavy (non-hydrogen) atoms. The number of piperazine rings is 1. The summed E-state index contributed by atoms with van der Waals surface area (Å²) in [7, 11) is 3.54. The SMILES string of the molecule is CNC(=O)[C@@H]1CN(C(=O)CCc2ccnn2C)CCN1CCc1ccccc1. The van der Waals surface area contributed by atoms with E-state index in [1.807, 2.05) is 36.2 Å². The lowest BCUT2D eigenvalue weighted by atomic mass is 10.1. The molecule has 1 aromatic carbocycles. The minimum Gasteiger partial charge on any atom is -0.358 e. The standard InChI is InChI=1S/C21H29N5O2/c1-22-21(28)19-16-26(20(27)9-8-18-10-12-23-24(18)2)15-14-25(19)13-11-17-6-4-3-5-7-17/h3-7,10,12,19H,8-9,11,13-16H2,1-2H3,(H,22,28)/t19-/m0/s1. The molecule has 2 aromatic rings. The van der Waals surface area contributed by atoms with Crippen molar-refractivity contribution in [3.8, 4) is 0 Å². The zero-order chi connectivity index (χ0) is 19.9. The highest BCUT2D eigenvalue weighted by Crippen LogP contribution is 2.14. The van der Waals surface area contributed by atoms with Gasteiger partial charge in [-0.05, 0) is 24.5 Å². The van der Waals surface area contributed by atoms with Gasteiger partial charge in [0.15, 0.2) is 0 Å². The molecule has 1 atom stereocenters. The van der Waals surface area contributed by atoms with Gasteiger partial charge in [0.05, 0.1) is 0 Å². The number of amides is 2. The van der Waals surface area contributed by atoms with Gasteiger partial charge in [-0.1, -0.05) is 30.3 Å². The zero-order valence-corrected chi connectivity index (χ0v) is 16.7. The summed E-state index contributed by atoms with van der Waals surface area (Å²) in [6.07, 6.45) is 3.73. The highest BCUT2D eigenvalue weighted by molar-refractivity contribution is 5.83. The average Bonchev–Trinajstić information content (AvgIpc) is 3.15. The van der Waals surface area contributed by atoms with E-state index in [0.717, 1.165) is 18.7 Å². The van der Waals surface area contributed by atoms with Crippen LogP contribution in [0.15, 0.2) is 42.6 Å². The van der Waals surface area contributed by atoms with Gasteiger partial charge in [-0.3, -0.25) is 19.2 Å². The van der Waals surface area contributed by atoms with E-state index in [0.29, 0.717) is 32.5 Å².